The maximum atomic E-state index is 5.38. The van der Waals surface area contributed by atoms with Crippen molar-refractivity contribution in [1.82, 2.24) is 5.32 Å². The molecule has 1 saturated heterocycles. The Morgan fingerprint density at radius 2 is 2.50 bits per heavy atom. The van der Waals surface area contributed by atoms with Crippen molar-refractivity contribution >= 4 is 0 Å². The molecule has 1 rings (SSSR count). The number of hydrogen-bond donors (Lipinski definition) is 1. The van der Waals surface area contributed by atoms with Crippen LogP contribution in [0, 0.1) is 0 Å². The lowest BCUT2D eigenvalue weighted by Crippen LogP contribution is -2.28. The molecule has 2 unspecified atom stereocenters. The summed E-state index contributed by atoms with van der Waals surface area (Å²) >= 11 is 0. The average molecular weight is 145 g/mol. The van der Waals surface area contributed by atoms with E-state index >= 15 is 0 Å². The Labute approximate surface area is 61.7 Å². The summed E-state index contributed by atoms with van der Waals surface area (Å²) in [4.78, 5) is 0. The van der Waals surface area contributed by atoms with E-state index in [2.05, 4.69) is 12.2 Å². The third kappa shape index (κ3) is 2.25. The van der Waals surface area contributed by atoms with E-state index in [1.165, 1.54) is 0 Å². The molecule has 0 aromatic carbocycles. The summed E-state index contributed by atoms with van der Waals surface area (Å²) in [5, 5.41) is 3.29. The van der Waals surface area contributed by atoms with Gasteiger partial charge in [-0.3, -0.25) is 5.32 Å². The van der Waals surface area contributed by atoms with Crippen LogP contribution in [-0.2, 0) is 9.47 Å². The van der Waals surface area contributed by atoms with E-state index in [9.17, 15) is 0 Å². The predicted octanol–water partition coefficient (Wildman–Crippen LogP) is 0.357. The molecule has 1 aliphatic heterocycles. The van der Waals surface area contributed by atoms with Crippen LogP contribution in [0.25, 0.3) is 0 Å². The van der Waals surface area contributed by atoms with Gasteiger partial charge in [-0.2, -0.15) is 0 Å². The molecule has 10 heavy (non-hydrogen) atoms. The second-order valence-electron chi connectivity index (χ2n) is 2.67. The van der Waals surface area contributed by atoms with Crippen LogP contribution in [0.1, 0.15) is 13.3 Å². The lowest BCUT2D eigenvalue weighted by atomic mass is 10.3. The lowest BCUT2D eigenvalue weighted by molar-refractivity contribution is 0.0660. The van der Waals surface area contributed by atoms with Gasteiger partial charge in [-0.1, -0.05) is 0 Å². The normalized spacial score (nSPS) is 33.0. The average Bonchev–Trinajstić information content (AvgIpc) is 2.31. The zero-order chi connectivity index (χ0) is 7.40. The molecule has 0 aromatic rings. The molecule has 1 aliphatic rings. The fourth-order valence-electron chi connectivity index (χ4n) is 1.07. The first kappa shape index (κ1) is 7.98. The summed E-state index contributed by atoms with van der Waals surface area (Å²) in [5.74, 6) is 0. The maximum absolute atomic E-state index is 5.38. The third-order valence-corrected chi connectivity index (χ3v) is 1.60. The van der Waals surface area contributed by atoms with Crippen LogP contribution >= 0.6 is 0 Å². The molecular formula is C7H15NO2. The molecule has 3 nitrogen and oxygen atoms in total. The number of ether oxygens (including phenoxy) is 2. The van der Waals surface area contributed by atoms with E-state index in [1.807, 2.05) is 0 Å². The van der Waals surface area contributed by atoms with Crippen molar-refractivity contribution in [2.45, 2.75) is 25.6 Å². The van der Waals surface area contributed by atoms with Gasteiger partial charge in [-0.15, -0.1) is 0 Å². The van der Waals surface area contributed by atoms with Crippen LogP contribution in [0.2, 0.25) is 0 Å². The minimum absolute atomic E-state index is 0.218. The van der Waals surface area contributed by atoms with Gasteiger partial charge in [-0.25, -0.2) is 0 Å². The van der Waals surface area contributed by atoms with Crippen LogP contribution in [0.15, 0.2) is 0 Å². The first-order valence-electron chi connectivity index (χ1n) is 3.69. The molecule has 0 aliphatic carbocycles. The number of rotatable bonds is 3. The highest BCUT2D eigenvalue weighted by Gasteiger charge is 2.19. The molecule has 3 heteroatoms. The zero-order valence-electron chi connectivity index (χ0n) is 6.59. The number of hydrogen-bond acceptors (Lipinski definition) is 3. The summed E-state index contributed by atoms with van der Waals surface area (Å²) in [6, 6.07) is 0.502. The SMILES string of the molecule is COCCC1NC(C)CO1. The molecule has 1 heterocycles. The highest BCUT2D eigenvalue weighted by molar-refractivity contribution is 4.70. The van der Waals surface area contributed by atoms with Gasteiger partial charge in [0.25, 0.3) is 0 Å². The Morgan fingerprint density at radius 3 is 3.00 bits per heavy atom. The van der Waals surface area contributed by atoms with Crippen LogP contribution in [0.3, 0.4) is 0 Å². The predicted molar refractivity (Wildman–Crippen MR) is 38.8 cm³/mol. The molecule has 0 aromatic heterocycles. The van der Waals surface area contributed by atoms with E-state index in [0.29, 0.717) is 6.04 Å². The zero-order valence-corrected chi connectivity index (χ0v) is 6.59. The summed E-state index contributed by atoms with van der Waals surface area (Å²) in [6.07, 6.45) is 1.16. The van der Waals surface area contributed by atoms with E-state index in [1.54, 1.807) is 7.11 Å². The summed E-state index contributed by atoms with van der Waals surface area (Å²) < 4.78 is 10.3. The summed E-state index contributed by atoms with van der Waals surface area (Å²) in [5.41, 5.74) is 0. The molecule has 1 fully saturated rings. The molecule has 0 amide bonds. The van der Waals surface area contributed by atoms with Crippen molar-refractivity contribution in [3.05, 3.63) is 0 Å². The van der Waals surface area contributed by atoms with Crippen molar-refractivity contribution in [3.8, 4) is 0 Å². The number of nitrogens with one attached hydrogen (secondary N) is 1. The molecule has 60 valence electrons. The lowest BCUT2D eigenvalue weighted by Gasteiger charge is -2.08. The second-order valence-corrected chi connectivity index (χ2v) is 2.67. The smallest absolute Gasteiger partial charge is 0.110 e. The van der Waals surface area contributed by atoms with Crippen molar-refractivity contribution in [1.29, 1.82) is 0 Å². The Morgan fingerprint density at radius 1 is 1.70 bits per heavy atom. The highest BCUT2D eigenvalue weighted by Crippen LogP contribution is 2.05. The van der Waals surface area contributed by atoms with E-state index in [4.69, 9.17) is 9.47 Å². The van der Waals surface area contributed by atoms with Crippen LogP contribution in [0.5, 0.6) is 0 Å². The van der Waals surface area contributed by atoms with Gasteiger partial charge in [0.1, 0.15) is 6.23 Å². The minimum atomic E-state index is 0.218. The Balaban J connectivity index is 2.06. The Kier molecular flexibility index (Phi) is 3.12. The van der Waals surface area contributed by atoms with Crippen LogP contribution < -0.4 is 5.32 Å². The number of methoxy groups -OCH3 is 1. The van der Waals surface area contributed by atoms with Gasteiger partial charge in [0.15, 0.2) is 0 Å². The van der Waals surface area contributed by atoms with Gasteiger partial charge in [0, 0.05) is 26.2 Å². The Hall–Kier alpha value is -0.120. The molecule has 2 atom stereocenters. The molecule has 1 N–H and O–H groups in total. The second kappa shape index (κ2) is 3.91. The van der Waals surface area contributed by atoms with Gasteiger partial charge in [0.2, 0.25) is 0 Å². The monoisotopic (exact) mass is 145 g/mol. The Bertz CT molecular complexity index is 97.6. The standard InChI is InChI=1S/C7H15NO2/c1-6-5-10-7(8-6)3-4-9-2/h6-8H,3-5H2,1-2H3. The molecule has 0 saturated carbocycles. The van der Waals surface area contributed by atoms with Crippen LogP contribution in [-0.4, -0.2) is 32.6 Å². The van der Waals surface area contributed by atoms with Crippen molar-refractivity contribution < 1.29 is 9.47 Å². The van der Waals surface area contributed by atoms with Crippen molar-refractivity contribution in [2.24, 2.45) is 0 Å². The van der Waals surface area contributed by atoms with E-state index < -0.39 is 0 Å². The first-order valence-corrected chi connectivity index (χ1v) is 3.69. The molecule has 0 radical (unpaired) electrons. The van der Waals surface area contributed by atoms with Crippen molar-refractivity contribution in [2.75, 3.05) is 20.3 Å². The van der Waals surface area contributed by atoms with Gasteiger partial charge >= 0.3 is 0 Å². The van der Waals surface area contributed by atoms with Crippen molar-refractivity contribution in [3.63, 3.8) is 0 Å². The largest absolute Gasteiger partial charge is 0.385 e. The summed E-state index contributed by atoms with van der Waals surface area (Å²) in [6.45, 7) is 3.71. The molecule has 0 bridgehead atoms. The topological polar surface area (TPSA) is 30.5 Å². The molecular weight excluding hydrogens is 130 g/mol. The fourth-order valence-corrected chi connectivity index (χ4v) is 1.07. The van der Waals surface area contributed by atoms with E-state index in [-0.39, 0.29) is 6.23 Å². The van der Waals surface area contributed by atoms with Gasteiger partial charge in [-0.05, 0) is 6.92 Å². The quantitative estimate of drug-likeness (QED) is 0.622. The third-order valence-electron chi connectivity index (χ3n) is 1.60. The van der Waals surface area contributed by atoms with Crippen LogP contribution in [0.4, 0.5) is 0 Å². The van der Waals surface area contributed by atoms with Gasteiger partial charge in [0.05, 0.1) is 6.61 Å². The van der Waals surface area contributed by atoms with E-state index in [0.717, 1.165) is 19.6 Å². The first-order chi connectivity index (χ1) is 4.83. The maximum Gasteiger partial charge on any atom is 0.110 e. The summed E-state index contributed by atoms with van der Waals surface area (Å²) in [7, 11) is 1.71. The minimum Gasteiger partial charge on any atom is -0.385 e. The molecule has 0 spiro atoms. The van der Waals surface area contributed by atoms with Gasteiger partial charge < -0.3 is 9.47 Å². The fraction of sp³-hybridized carbons (Fsp3) is 1.00. The highest BCUT2D eigenvalue weighted by atomic mass is 16.5.